The summed E-state index contributed by atoms with van der Waals surface area (Å²) in [6.45, 7) is 0. The summed E-state index contributed by atoms with van der Waals surface area (Å²) in [6.07, 6.45) is -2.38. The summed E-state index contributed by atoms with van der Waals surface area (Å²) >= 11 is 1.14. The zero-order chi connectivity index (χ0) is 20.9. The molecule has 0 saturated heterocycles. The number of para-hydroxylation sites is 1. The van der Waals surface area contributed by atoms with Gasteiger partial charge < -0.3 is 0 Å². The Kier molecular flexibility index (Phi) is 4.35. The zero-order valence-corrected chi connectivity index (χ0v) is 16.3. The number of aromatic nitrogens is 3. The van der Waals surface area contributed by atoms with Crippen LogP contribution >= 0.6 is 11.3 Å². The number of alkyl halides is 3. The first-order valence-electron chi connectivity index (χ1n) is 9.28. The first-order valence-corrected chi connectivity index (χ1v) is 10.1. The Labute approximate surface area is 172 Å². The lowest BCUT2D eigenvalue weighted by atomic mass is 10.1. The van der Waals surface area contributed by atoms with Crippen molar-refractivity contribution in [2.24, 2.45) is 4.99 Å². The maximum absolute atomic E-state index is 13.6. The number of fused-ring (bicyclic) bond motifs is 2. The van der Waals surface area contributed by atoms with E-state index >= 15 is 0 Å². The van der Waals surface area contributed by atoms with Crippen molar-refractivity contribution in [2.75, 3.05) is 0 Å². The normalized spacial score (nSPS) is 14.8. The quantitative estimate of drug-likeness (QED) is 0.492. The van der Waals surface area contributed by atoms with E-state index in [4.69, 9.17) is 0 Å². The number of rotatable bonds is 3. The van der Waals surface area contributed by atoms with E-state index < -0.39 is 23.0 Å². The summed E-state index contributed by atoms with van der Waals surface area (Å²) in [5, 5.41) is 2.35. The smallest absolute Gasteiger partial charge is 0.288 e. The second kappa shape index (κ2) is 6.94. The van der Waals surface area contributed by atoms with E-state index in [0.717, 1.165) is 38.1 Å². The van der Waals surface area contributed by atoms with Crippen LogP contribution in [0.3, 0.4) is 0 Å². The molecule has 0 bridgehead atoms. The largest absolute Gasteiger partial charge is 0.433 e. The summed E-state index contributed by atoms with van der Waals surface area (Å²) in [5.74, 6) is 0. The van der Waals surface area contributed by atoms with Gasteiger partial charge in [0.05, 0.1) is 21.8 Å². The first kappa shape index (κ1) is 18.8. The van der Waals surface area contributed by atoms with E-state index in [-0.39, 0.29) is 11.2 Å². The van der Waals surface area contributed by atoms with Gasteiger partial charge in [0, 0.05) is 6.21 Å². The predicted molar refractivity (Wildman–Crippen MR) is 110 cm³/mol. The van der Waals surface area contributed by atoms with E-state index in [2.05, 4.69) is 15.1 Å². The van der Waals surface area contributed by atoms with Gasteiger partial charge in [-0.1, -0.05) is 47.7 Å². The highest BCUT2D eigenvalue weighted by Crippen LogP contribution is 2.31. The van der Waals surface area contributed by atoms with Crippen LogP contribution < -0.4 is 5.56 Å². The second-order valence-electron chi connectivity index (χ2n) is 7.11. The van der Waals surface area contributed by atoms with Crippen LogP contribution in [0.1, 0.15) is 22.4 Å². The topological polar surface area (TPSA) is 63.0 Å². The van der Waals surface area contributed by atoms with E-state index in [1.54, 1.807) is 24.3 Å². The fourth-order valence-electron chi connectivity index (χ4n) is 3.70. The summed E-state index contributed by atoms with van der Waals surface area (Å²) in [4.78, 5) is 21.4. The maximum atomic E-state index is 13.6. The van der Waals surface area contributed by atoms with Crippen LogP contribution in [-0.2, 0) is 19.0 Å². The van der Waals surface area contributed by atoms with E-state index in [1.807, 2.05) is 24.3 Å². The molecule has 5 nitrogen and oxygen atoms in total. The molecule has 0 unspecified atom stereocenters. The summed E-state index contributed by atoms with van der Waals surface area (Å²) in [6, 6.07) is 14.8. The fraction of sp³-hybridized carbons (Fsp3) is 0.190. The Balaban J connectivity index is 1.54. The Morgan fingerprint density at radius 2 is 1.77 bits per heavy atom. The lowest BCUT2D eigenvalue weighted by Crippen LogP contribution is -2.18. The fourth-order valence-corrected chi connectivity index (χ4v) is 4.62. The number of H-pyrrole nitrogens is 1. The van der Waals surface area contributed by atoms with Gasteiger partial charge in [-0.3, -0.25) is 14.9 Å². The lowest BCUT2D eigenvalue weighted by molar-refractivity contribution is -0.141. The number of thiazole rings is 1. The number of nitrogens with zero attached hydrogens (tertiary/aromatic N) is 3. The van der Waals surface area contributed by atoms with Crippen molar-refractivity contribution in [3.63, 3.8) is 0 Å². The number of benzene rings is 2. The third-order valence-electron chi connectivity index (χ3n) is 5.13. The number of aliphatic imine (C=N–C) groups is 1. The van der Waals surface area contributed by atoms with Crippen molar-refractivity contribution in [3.8, 4) is 5.13 Å². The van der Waals surface area contributed by atoms with Gasteiger partial charge >= 0.3 is 6.18 Å². The molecular formula is C21H15F3N4OS. The maximum Gasteiger partial charge on any atom is 0.433 e. The predicted octanol–water partition coefficient (Wildman–Crippen LogP) is 4.38. The van der Waals surface area contributed by atoms with Crippen LogP contribution in [0.5, 0.6) is 0 Å². The van der Waals surface area contributed by atoms with Gasteiger partial charge in [0.1, 0.15) is 0 Å². The molecule has 9 heteroatoms. The molecule has 0 amide bonds. The van der Waals surface area contributed by atoms with E-state index in [0.29, 0.717) is 18.4 Å². The standard InChI is InChI=1S/C21H15F3N4OS/c22-21(23,24)18-15(11-25-14-9-12-5-1-2-6-13(12)10-14)19(29)28(27-18)20-26-16-7-3-4-8-17(16)30-20/h1-8,11,14,27H,9-10H2. The first-order chi connectivity index (χ1) is 14.4. The molecule has 0 aliphatic heterocycles. The molecule has 0 spiro atoms. The van der Waals surface area contributed by atoms with E-state index in [1.165, 1.54) is 0 Å². The number of hydrogen-bond donors (Lipinski definition) is 1. The van der Waals surface area contributed by atoms with Gasteiger partial charge in [-0.15, -0.1) is 0 Å². The molecule has 2 heterocycles. The van der Waals surface area contributed by atoms with Crippen LogP contribution in [0.4, 0.5) is 13.2 Å². The van der Waals surface area contributed by atoms with Gasteiger partial charge in [0.15, 0.2) is 5.69 Å². The molecule has 0 radical (unpaired) electrons. The highest BCUT2D eigenvalue weighted by Gasteiger charge is 2.38. The minimum Gasteiger partial charge on any atom is -0.288 e. The summed E-state index contributed by atoms with van der Waals surface area (Å²) in [7, 11) is 0. The van der Waals surface area contributed by atoms with Crippen LogP contribution in [0.25, 0.3) is 15.3 Å². The molecule has 1 N–H and O–H groups in total. The molecule has 152 valence electrons. The highest BCUT2D eigenvalue weighted by atomic mass is 32.1. The molecule has 2 aromatic heterocycles. The van der Waals surface area contributed by atoms with Gasteiger partial charge in [0.2, 0.25) is 5.13 Å². The third-order valence-corrected chi connectivity index (χ3v) is 6.15. The van der Waals surface area contributed by atoms with Crippen LogP contribution in [0.2, 0.25) is 0 Å². The Bertz CT molecular complexity index is 1270. The van der Waals surface area contributed by atoms with Crippen molar-refractivity contribution in [2.45, 2.75) is 25.1 Å². The zero-order valence-electron chi connectivity index (χ0n) is 15.5. The minimum atomic E-state index is -4.72. The van der Waals surface area contributed by atoms with Crippen molar-refractivity contribution in [1.82, 2.24) is 14.8 Å². The van der Waals surface area contributed by atoms with Gasteiger partial charge in [0.25, 0.3) is 5.56 Å². The van der Waals surface area contributed by atoms with Crippen molar-refractivity contribution in [1.29, 1.82) is 0 Å². The second-order valence-corrected chi connectivity index (χ2v) is 8.12. The van der Waals surface area contributed by atoms with Gasteiger partial charge in [-0.25, -0.2) is 4.98 Å². The molecule has 30 heavy (non-hydrogen) atoms. The average Bonchev–Trinajstić information content (AvgIpc) is 3.40. The summed E-state index contributed by atoms with van der Waals surface area (Å²) < 4.78 is 42.5. The SMILES string of the molecule is O=c1c(C=NC2Cc3ccccc3C2)c(C(F)(F)F)[nH]n1-c1nc2ccccc2s1. The van der Waals surface area contributed by atoms with E-state index in [9.17, 15) is 18.0 Å². The minimum absolute atomic E-state index is 0.152. The Hall–Kier alpha value is -3.20. The molecule has 1 aliphatic rings. The van der Waals surface area contributed by atoms with Gasteiger partial charge in [-0.05, 0) is 36.1 Å². The lowest BCUT2D eigenvalue weighted by Gasteiger charge is -2.05. The summed E-state index contributed by atoms with van der Waals surface area (Å²) in [5.41, 5.74) is 0.448. The number of nitrogens with one attached hydrogen (secondary N) is 1. The third kappa shape index (κ3) is 3.24. The van der Waals surface area contributed by atoms with Crippen molar-refractivity contribution >= 4 is 27.8 Å². The van der Waals surface area contributed by atoms with Crippen LogP contribution in [0, 0.1) is 0 Å². The molecule has 2 aromatic carbocycles. The van der Waals surface area contributed by atoms with Crippen molar-refractivity contribution < 1.29 is 13.2 Å². The highest BCUT2D eigenvalue weighted by molar-refractivity contribution is 7.20. The number of halogens is 3. The number of hydrogen-bond acceptors (Lipinski definition) is 4. The average molecular weight is 428 g/mol. The molecule has 0 atom stereocenters. The van der Waals surface area contributed by atoms with Crippen molar-refractivity contribution in [3.05, 3.63) is 81.3 Å². The monoisotopic (exact) mass is 428 g/mol. The molecule has 1 aliphatic carbocycles. The molecular weight excluding hydrogens is 413 g/mol. The Morgan fingerprint density at radius 3 is 2.43 bits per heavy atom. The molecule has 5 rings (SSSR count). The van der Waals surface area contributed by atoms with Crippen LogP contribution in [-0.4, -0.2) is 27.0 Å². The molecule has 0 fully saturated rings. The number of aromatic amines is 1. The Morgan fingerprint density at radius 1 is 1.10 bits per heavy atom. The van der Waals surface area contributed by atoms with Crippen LogP contribution in [0.15, 0.2) is 58.3 Å². The molecule has 4 aromatic rings. The molecule has 0 saturated carbocycles. The van der Waals surface area contributed by atoms with Gasteiger partial charge in [-0.2, -0.15) is 17.9 Å².